The van der Waals surface area contributed by atoms with E-state index in [1.807, 2.05) is 61.5 Å². The second-order valence-corrected chi connectivity index (χ2v) is 5.86. The Balaban J connectivity index is 1.61. The lowest BCUT2D eigenvalue weighted by Gasteiger charge is -2.25. The van der Waals surface area contributed by atoms with Crippen LogP contribution in [0.3, 0.4) is 0 Å². The van der Waals surface area contributed by atoms with E-state index in [-0.39, 0.29) is 12.1 Å². The Morgan fingerprint density at radius 3 is 2.52 bits per heavy atom. The van der Waals surface area contributed by atoms with Crippen LogP contribution in [0.1, 0.15) is 24.1 Å². The molecule has 6 heteroatoms. The molecular formula is C19H21N5O. The van der Waals surface area contributed by atoms with Crippen molar-refractivity contribution in [1.29, 1.82) is 0 Å². The van der Waals surface area contributed by atoms with Gasteiger partial charge in [-0.15, -0.1) is 0 Å². The van der Waals surface area contributed by atoms with Gasteiger partial charge in [0.2, 0.25) is 0 Å². The zero-order chi connectivity index (χ0) is 17.6. The molecule has 0 radical (unpaired) electrons. The fourth-order valence-electron chi connectivity index (χ4n) is 2.54. The summed E-state index contributed by atoms with van der Waals surface area (Å²) in [7, 11) is 1.80. The summed E-state index contributed by atoms with van der Waals surface area (Å²) in [6, 6.07) is 17.7. The lowest BCUT2D eigenvalue weighted by atomic mass is 10.1. The molecule has 0 spiro atoms. The second-order valence-electron chi connectivity index (χ2n) is 5.86. The van der Waals surface area contributed by atoms with E-state index in [0.29, 0.717) is 6.54 Å². The molecule has 1 atom stereocenters. The van der Waals surface area contributed by atoms with E-state index in [2.05, 4.69) is 15.4 Å². The molecular weight excluding hydrogens is 314 g/mol. The van der Waals surface area contributed by atoms with Gasteiger partial charge in [-0.2, -0.15) is 5.10 Å². The van der Waals surface area contributed by atoms with E-state index in [9.17, 15) is 4.79 Å². The van der Waals surface area contributed by atoms with Crippen LogP contribution in [0.15, 0.2) is 67.3 Å². The van der Waals surface area contributed by atoms with Gasteiger partial charge in [0, 0.05) is 13.6 Å². The van der Waals surface area contributed by atoms with E-state index < -0.39 is 0 Å². The van der Waals surface area contributed by atoms with Gasteiger partial charge in [0.25, 0.3) is 0 Å². The molecule has 0 saturated carbocycles. The number of urea groups is 1. The Bertz CT molecular complexity index is 800. The normalized spacial score (nSPS) is 11.8. The van der Waals surface area contributed by atoms with Crippen molar-refractivity contribution in [2.24, 2.45) is 0 Å². The Labute approximate surface area is 147 Å². The predicted octanol–water partition coefficient (Wildman–Crippen LogP) is 3.17. The van der Waals surface area contributed by atoms with Crippen LogP contribution in [-0.2, 0) is 6.54 Å². The highest BCUT2D eigenvalue weighted by Gasteiger charge is 2.17. The summed E-state index contributed by atoms with van der Waals surface area (Å²) in [5, 5.41) is 7.06. The molecule has 2 amide bonds. The number of hydrogen-bond donors (Lipinski definition) is 1. The summed E-state index contributed by atoms with van der Waals surface area (Å²) < 4.78 is 1.70. The summed E-state index contributed by atoms with van der Waals surface area (Å²) in [5.74, 6) is 0. The van der Waals surface area contributed by atoms with E-state index >= 15 is 0 Å². The van der Waals surface area contributed by atoms with Crippen molar-refractivity contribution in [2.45, 2.75) is 19.5 Å². The van der Waals surface area contributed by atoms with E-state index in [4.69, 9.17) is 0 Å². The van der Waals surface area contributed by atoms with Crippen molar-refractivity contribution >= 4 is 6.03 Å². The number of carbonyl (C=O) groups is 1. The van der Waals surface area contributed by atoms with Gasteiger partial charge < -0.3 is 10.2 Å². The number of carbonyl (C=O) groups excluding carboxylic acids is 1. The van der Waals surface area contributed by atoms with Crippen molar-refractivity contribution in [3.05, 3.63) is 78.4 Å². The van der Waals surface area contributed by atoms with Crippen molar-refractivity contribution in [3.63, 3.8) is 0 Å². The van der Waals surface area contributed by atoms with Crippen LogP contribution in [0.4, 0.5) is 4.79 Å². The first-order chi connectivity index (χ1) is 12.1. The molecule has 0 aliphatic carbocycles. The topological polar surface area (TPSA) is 63.1 Å². The highest BCUT2D eigenvalue weighted by Crippen LogP contribution is 2.20. The molecule has 2 aromatic carbocycles. The van der Waals surface area contributed by atoms with Gasteiger partial charge >= 0.3 is 6.03 Å². The van der Waals surface area contributed by atoms with Crippen molar-refractivity contribution in [3.8, 4) is 5.69 Å². The Morgan fingerprint density at radius 2 is 1.88 bits per heavy atom. The van der Waals surface area contributed by atoms with Crippen LogP contribution in [0.5, 0.6) is 0 Å². The summed E-state index contributed by atoms with van der Waals surface area (Å²) in [6.45, 7) is 2.52. The first-order valence-electron chi connectivity index (χ1n) is 8.14. The summed E-state index contributed by atoms with van der Waals surface area (Å²) in [5.41, 5.74) is 3.07. The smallest absolute Gasteiger partial charge is 0.317 e. The number of amides is 2. The van der Waals surface area contributed by atoms with E-state index in [1.165, 1.54) is 6.33 Å². The van der Waals surface area contributed by atoms with E-state index in [1.54, 1.807) is 23.0 Å². The standard InChI is InChI=1S/C19H21N5O/c1-15(17-8-10-18(11-9-17)24-14-20-13-22-24)23(2)19(25)21-12-16-6-4-3-5-7-16/h3-11,13-15H,12H2,1-2H3,(H,21,25). The minimum Gasteiger partial charge on any atom is -0.334 e. The fourth-order valence-corrected chi connectivity index (χ4v) is 2.54. The minimum absolute atomic E-state index is 0.0411. The van der Waals surface area contributed by atoms with Gasteiger partial charge in [0.1, 0.15) is 12.7 Å². The molecule has 0 saturated heterocycles. The average Bonchev–Trinajstić information content (AvgIpc) is 3.20. The maximum atomic E-state index is 12.4. The molecule has 0 aliphatic heterocycles. The van der Waals surface area contributed by atoms with Crippen molar-refractivity contribution in [2.75, 3.05) is 7.05 Å². The average molecular weight is 335 g/mol. The van der Waals surface area contributed by atoms with Crippen LogP contribution in [-0.4, -0.2) is 32.7 Å². The number of nitrogens with zero attached hydrogens (tertiary/aromatic N) is 4. The van der Waals surface area contributed by atoms with Gasteiger partial charge in [-0.25, -0.2) is 14.5 Å². The minimum atomic E-state index is -0.100. The largest absolute Gasteiger partial charge is 0.334 e. The van der Waals surface area contributed by atoms with Crippen LogP contribution in [0, 0.1) is 0 Å². The summed E-state index contributed by atoms with van der Waals surface area (Å²) in [4.78, 5) is 18.0. The number of aromatic nitrogens is 3. The fraction of sp³-hybridized carbons (Fsp3) is 0.211. The molecule has 25 heavy (non-hydrogen) atoms. The summed E-state index contributed by atoms with van der Waals surface area (Å²) >= 11 is 0. The quantitative estimate of drug-likeness (QED) is 0.779. The summed E-state index contributed by atoms with van der Waals surface area (Å²) in [6.07, 6.45) is 3.16. The highest BCUT2D eigenvalue weighted by atomic mass is 16.2. The van der Waals surface area contributed by atoms with Crippen LogP contribution in [0.25, 0.3) is 5.69 Å². The third-order valence-electron chi connectivity index (χ3n) is 4.25. The van der Waals surface area contributed by atoms with Gasteiger partial charge in [-0.1, -0.05) is 42.5 Å². The molecule has 0 bridgehead atoms. The Kier molecular flexibility index (Phi) is 5.09. The highest BCUT2D eigenvalue weighted by molar-refractivity contribution is 5.74. The molecule has 1 N–H and O–H groups in total. The molecule has 0 aliphatic rings. The zero-order valence-electron chi connectivity index (χ0n) is 14.3. The molecule has 1 unspecified atom stereocenters. The van der Waals surface area contributed by atoms with Crippen molar-refractivity contribution < 1.29 is 4.79 Å². The maximum Gasteiger partial charge on any atom is 0.317 e. The predicted molar refractivity (Wildman–Crippen MR) is 96.2 cm³/mol. The van der Waals surface area contributed by atoms with Crippen LogP contribution < -0.4 is 5.32 Å². The van der Waals surface area contributed by atoms with Crippen molar-refractivity contribution in [1.82, 2.24) is 25.0 Å². The zero-order valence-corrected chi connectivity index (χ0v) is 14.3. The van der Waals surface area contributed by atoms with E-state index in [0.717, 1.165) is 16.8 Å². The lowest BCUT2D eigenvalue weighted by molar-refractivity contribution is 0.194. The monoisotopic (exact) mass is 335 g/mol. The maximum absolute atomic E-state index is 12.4. The molecule has 1 heterocycles. The first kappa shape index (κ1) is 16.7. The van der Waals surface area contributed by atoms with Gasteiger partial charge in [0.05, 0.1) is 11.7 Å². The number of rotatable bonds is 5. The van der Waals surface area contributed by atoms with Crippen LogP contribution >= 0.6 is 0 Å². The number of nitrogens with one attached hydrogen (secondary N) is 1. The molecule has 6 nitrogen and oxygen atoms in total. The van der Waals surface area contributed by atoms with Crippen LogP contribution in [0.2, 0.25) is 0 Å². The lowest BCUT2D eigenvalue weighted by Crippen LogP contribution is -2.38. The van der Waals surface area contributed by atoms with Gasteiger partial charge in [0.15, 0.2) is 0 Å². The molecule has 3 aromatic rings. The van der Waals surface area contributed by atoms with Gasteiger partial charge in [-0.3, -0.25) is 0 Å². The third-order valence-corrected chi connectivity index (χ3v) is 4.25. The molecule has 128 valence electrons. The Hall–Kier alpha value is -3.15. The number of hydrogen-bond acceptors (Lipinski definition) is 3. The second kappa shape index (κ2) is 7.61. The molecule has 3 rings (SSSR count). The molecule has 1 aromatic heterocycles. The number of benzene rings is 2. The molecule has 0 fully saturated rings. The first-order valence-corrected chi connectivity index (χ1v) is 8.14. The third kappa shape index (κ3) is 4.03. The van der Waals surface area contributed by atoms with Gasteiger partial charge in [-0.05, 0) is 30.2 Å². The Morgan fingerprint density at radius 1 is 1.16 bits per heavy atom. The SMILES string of the molecule is CC(c1ccc(-n2cncn2)cc1)N(C)C(=O)NCc1ccccc1.